The summed E-state index contributed by atoms with van der Waals surface area (Å²) in [6.45, 7) is 4.22. The van der Waals surface area contributed by atoms with Crippen molar-refractivity contribution in [3.8, 4) is 0 Å². The molecule has 0 saturated carbocycles. The molecule has 4 nitrogen and oxygen atoms in total. The van der Waals surface area contributed by atoms with Crippen molar-refractivity contribution < 1.29 is 0 Å². The maximum Gasteiger partial charge on any atom is 0.0770 e. The zero-order chi connectivity index (χ0) is 13.2. The minimum absolute atomic E-state index is 0.365. The van der Waals surface area contributed by atoms with Crippen molar-refractivity contribution in [1.29, 1.82) is 0 Å². The molecule has 2 heterocycles. The van der Waals surface area contributed by atoms with Gasteiger partial charge >= 0.3 is 0 Å². The molecule has 0 atom stereocenters. The monoisotopic (exact) mass is 252 g/mol. The predicted molar refractivity (Wildman–Crippen MR) is 77.6 cm³/mol. The van der Waals surface area contributed by atoms with E-state index in [2.05, 4.69) is 35.3 Å². The average molecular weight is 252 g/mol. The van der Waals surface area contributed by atoms with Gasteiger partial charge in [-0.1, -0.05) is 18.2 Å². The van der Waals surface area contributed by atoms with Gasteiger partial charge in [-0.25, -0.2) is 0 Å². The zero-order valence-corrected chi connectivity index (χ0v) is 11.0. The minimum Gasteiger partial charge on any atom is -0.352 e. The van der Waals surface area contributed by atoms with Gasteiger partial charge in [0.15, 0.2) is 0 Å². The summed E-state index contributed by atoms with van der Waals surface area (Å²) in [6, 6.07) is 10.4. The number of nitrogens with one attached hydrogen (secondary N) is 1. The van der Waals surface area contributed by atoms with E-state index >= 15 is 0 Å². The molecule has 1 N–H and O–H groups in total. The molecule has 19 heavy (non-hydrogen) atoms. The van der Waals surface area contributed by atoms with Crippen molar-refractivity contribution in [1.82, 2.24) is 14.8 Å². The number of fused-ring (bicyclic) bond motifs is 1. The van der Waals surface area contributed by atoms with Gasteiger partial charge in [0, 0.05) is 29.5 Å². The Hall–Kier alpha value is -2.36. The van der Waals surface area contributed by atoms with E-state index in [9.17, 15) is 0 Å². The Bertz CT molecular complexity index is 695. The van der Waals surface area contributed by atoms with Gasteiger partial charge in [-0.15, -0.1) is 0 Å². The molecule has 0 amide bonds. The first-order valence-corrected chi connectivity index (χ1v) is 6.39. The third kappa shape index (κ3) is 2.29. The summed E-state index contributed by atoms with van der Waals surface area (Å²) in [5.74, 6) is 0. The van der Waals surface area contributed by atoms with Crippen LogP contribution in [0.1, 0.15) is 19.9 Å². The van der Waals surface area contributed by atoms with Gasteiger partial charge in [-0.2, -0.15) is 5.10 Å². The van der Waals surface area contributed by atoms with Gasteiger partial charge in [-0.05, 0) is 26.0 Å². The van der Waals surface area contributed by atoms with Crippen LogP contribution in [0.5, 0.6) is 0 Å². The second-order valence-corrected chi connectivity index (χ2v) is 4.80. The Morgan fingerprint density at radius 3 is 2.79 bits per heavy atom. The van der Waals surface area contributed by atoms with Crippen molar-refractivity contribution >= 4 is 22.3 Å². The highest BCUT2D eigenvalue weighted by atomic mass is 15.3. The average Bonchev–Trinajstić information content (AvgIpc) is 2.88. The lowest BCUT2D eigenvalue weighted by Gasteiger charge is -2.07. The molecule has 1 aromatic carbocycles. The quantitative estimate of drug-likeness (QED) is 0.771. The third-order valence-electron chi connectivity index (χ3n) is 3.06. The smallest absolute Gasteiger partial charge is 0.0770 e. The van der Waals surface area contributed by atoms with E-state index in [4.69, 9.17) is 0 Å². The molecule has 3 aromatic rings. The van der Waals surface area contributed by atoms with Crippen LogP contribution in [0.3, 0.4) is 0 Å². The number of anilines is 2. The van der Waals surface area contributed by atoms with Crippen LogP contribution in [0.2, 0.25) is 0 Å². The SMILES string of the molecule is CC(C)n1cc(Nc2ccnc3ccccc23)cn1. The summed E-state index contributed by atoms with van der Waals surface area (Å²) in [5, 5.41) is 8.84. The van der Waals surface area contributed by atoms with E-state index in [1.807, 2.05) is 47.5 Å². The fourth-order valence-electron chi connectivity index (χ4n) is 2.05. The van der Waals surface area contributed by atoms with Gasteiger partial charge < -0.3 is 5.32 Å². The summed E-state index contributed by atoms with van der Waals surface area (Å²) in [5.41, 5.74) is 3.03. The highest BCUT2D eigenvalue weighted by Crippen LogP contribution is 2.24. The van der Waals surface area contributed by atoms with Gasteiger partial charge in [0.1, 0.15) is 0 Å². The largest absolute Gasteiger partial charge is 0.352 e. The van der Waals surface area contributed by atoms with Crippen LogP contribution in [-0.4, -0.2) is 14.8 Å². The van der Waals surface area contributed by atoms with Gasteiger partial charge in [0.05, 0.1) is 17.4 Å². The zero-order valence-electron chi connectivity index (χ0n) is 11.0. The predicted octanol–water partition coefficient (Wildman–Crippen LogP) is 3.76. The summed E-state index contributed by atoms with van der Waals surface area (Å²) in [6.07, 6.45) is 5.67. The molecule has 0 aliphatic carbocycles. The third-order valence-corrected chi connectivity index (χ3v) is 3.06. The van der Waals surface area contributed by atoms with Crippen molar-refractivity contribution in [3.05, 3.63) is 48.9 Å². The number of para-hydroxylation sites is 1. The number of hydrogen-bond acceptors (Lipinski definition) is 3. The van der Waals surface area contributed by atoms with Crippen LogP contribution in [0.25, 0.3) is 10.9 Å². The Labute approximate surface area is 112 Å². The number of pyridine rings is 1. The highest BCUT2D eigenvalue weighted by Gasteiger charge is 2.04. The first-order valence-electron chi connectivity index (χ1n) is 6.39. The molecule has 96 valence electrons. The second-order valence-electron chi connectivity index (χ2n) is 4.80. The molecule has 0 spiro atoms. The van der Waals surface area contributed by atoms with Crippen molar-refractivity contribution in [2.24, 2.45) is 0 Å². The summed E-state index contributed by atoms with van der Waals surface area (Å²) >= 11 is 0. The van der Waals surface area contributed by atoms with Crippen molar-refractivity contribution in [2.75, 3.05) is 5.32 Å². The lowest BCUT2D eigenvalue weighted by Crippen LogP contribution is -2.00. The molecule has 3 rings (SSSR count). The van der Waals surface area contributed by atoms with E-state index in [0.29, 0.717) is 6.04 Å². The fraction of sp³-hybridized carbons (Fsp3) is 0.200. The van der Waals surface area contributed by atoms with Crippen LogP contribution < -0.4 is 5.32 Å². The summed E-state index contributed by atoms with van der Waals surface area (Å²) < 4.78 is 1.94. The van der Waals surface area contributed by atoms with E-state index in [0.717, 1.165) is 22.3 Å². The fourth-order valence-corrected chi connectivity index (χ4v) is 2.05. The van der Waals surface area contributed by atoms with Crippen LogP contribution in [-0.2, 0) is 0 Å². The van der Waals surface area contributed by atoms with E-state index in [1.165, 1.54) is 0 Å². The molecule has 0 radical (unpaired) electrons. The maximum atomic E-state index is 4.36. The Balaban J connectivity index is 1.96. The molecule has 0 aliphatic heterocycles. The Kier molecular flexibility index (Phi) is 2.91. The molecule has 0 saturated heterocycles. The van der Waals surface area contributed by atoms with Crippen molar-refractivity contribution in [3.63, 3.8) is 0 Å². The lowest BCUT2D eigenvalue weighted by molar-refractivity contribution is 0.532. The highest BCUT2D eigenvalue weighted by molar-refractivity contribution is 5.92. The Morgan fingerprint density at radius 1 is 1.16 bits per heavy atom. The first kappa shape index (κ1) is 11.7. The van der Waals surface area contributed by atoms with Gasteiger partial charge in [0.25, 0.3) is 0 Å². The maximum absolute atomic E-state index is 4.36. The van der Waals surface area contributed by atoms with E-state index in [1.54, 1.807) is 0 Å². The number of nitrogens with zero attached hydrogens (tertiary/aromatic N) is 3. The lowest BCUT2D eigenvalue weighted by atomic mass is 10.2. The second kappa shape index (κ2) is 4.72. The van der Waals surface area contributed by atoms with Crippen LogP contribution in [0.15, 0.2) is 48.9 Å². The molecule has 0 aliphatic rings. The molecule has 2 aromatic heterocycles. The number of benzene rings is 1. The summed E-state index contributed by atoms with van der Waals surface area (Å²) in [7, 11) is 0. The molecular weight excluding hydrogens is 236 g/mol. The molecule has 4 heteroatoms. The number of hydrogen-bond donors (Lipinski definition) is 1. The molecule has 0 bridgehead atoms. The number of aromatic nitrogens is 3. The van der Waals surface area contributed by atoms with Gasteiger partial charge in [-0.3, -0.25) is 9.67 Å². The molecular formula is C15H16N4. The van der Waals surface area contributed by atoms with Crippen LogP contribution in [0.4, 0.5) is 11.4 Å². The normalized spacial score (nSPS) is 11.1. The Morgan fingerprint density at radius 2 is 2.00 bits per heavy atom. The van der Waals surface area contributed by atoms with Crippen molar-refractivity contribution in [2.45, 2.75) is 19.9 Å². The van der Waals surface area contributed by atoms with Crippen LogP contribution in [0, 0.1) is 0 Å². The first-order chi connectivity index (χ1) is 9.24. The molecule has 0 fully saturated rings. The topological polar surface area (TPSA) is 42.7 Å². The summed E-state index contributed by atoms with van der Waals surface area (Å²) in [4.78, 5) is 4.36. The van der Waals surface area contributed by atoms with Crippen LogP contribution >= 0.6 is 0 Å². The van der Waals surface area contributed by atoms with E-state index < -0.39 is 0 Å². The standard InChI is InChI=1S/C15H16N4/c1-11(2)19-10-12(9-17-19)18-15-7-8-16-14-6-4-3-5-13(14)15/h3-11H,1-2H3,(H,16,18). The number of rotatable bonds is 3. The minimum atomic E-state index is 0.365. The van der Waals surface area contributed by atoms with Gasteiger partial charge in [0.2, 0.25) is 0 Å². The molecule has 0 unspecified atom stereocenters. The van der Waals surface area contributed by atoms with E-state index in [-0.39, 0.29) is 0 Å².